The molecule has 2 aromatic rings. The second kappa shape index (κ2) is 5.35. The number of rotatable bonds is 3. The van der Waals surface area contributed by atoms with E-state index in [0.717, 1.165) is 11.6 Å². The van der Waals surface area contributed by atoms with E-state index in [1.165, 1.54) is 6.07 Å². The highest BCUT2D eigenvalue weighted by molar-refractivity contribution is 5.91. The van der Waals surface area contributed by atoms with E-state index in [0.29, 0.717) is 11.3 Å². The van der Waals surface area contributed by atoms with Gasteiger partial charge in [-0.25, -0.2) is 9.59 Å². The van der Waals surface area contributed by atoms with Gasteiger partial charge >= 0.3 is 11.6 Å². The molecule has 1 aromatic heterocycles. The summed E-state index contributed by atoms with van der Waals surface area (Å²) in [6.07, 6.45) is 1.68. The maximum Gasteiger partial charge on any atom is 0.343 e. The van der Waals surface area contributed by atoms with Crippen molar-refractivity contribution in [3.8, 4) is 5.75 Å². The Labute approximate surface area is 110 Å². The minimum atomic E-state index is -0.551. The Bertz CT molecular complexity index is 665. The smallest absolute Gasteiger partial charge is 0.343 e. The first kappa shape index (κ1) is 12.8. The highest BCUT2D eigenvalue weighted by Gasteiger charge is 2.09. The SMILES string of the molecule is C=Cc1ccc(C(=O)Oc2cc(C)oc(=O)c2)cc1. The number of aryl methyl sites for hydroxylation is 1. The number of benzene rings is 1. The molecule has 0 radical (unpaired) electrons. The fraction of sp³-hybridized carbons (Fsp3) is 0.0667. The van der Waals surface area contributed by atoms with Crippen LogP contribution in [0.1, 0.15) is 21.7 Å². The van der Waals surface area contributed by atoms with Crippen LogP contribution in [0.5, 0.6) is 5.75 Å². The quantitative estimate of drug-likeness (QED) is 0.792. The van der Waals surface area contributed by atoms with Crippen LogP contribution < -0.4 is 10.4 Å². The molecule has 0 saturated heterocycles. The van der Waals surface area contributed by atoms with Crippen LogP contribution in [0.2, 0.25) is 0 Å². The van der Waals surface area contributed by atoms with E-state index in [2.05, 4.69) is 6.58 Å². The predicted molar refractivity (Wildman–Crippen MR) is 71.2 cm³/mol. The summed E-state index contributed by atoms with van der Waals surface area (Å²) in [7, 11) is 0. The minimum Gasteiger partial charge on any atom is -0.428 e. The Kier molecular flexibility index (Phi) is 3.61. The van der Waals surface area contributed by atoms with Crippen molar-refractivity contribution in [2.24, 2.45) is 0 Å². The highest BCUT2D eigenvalue weighted by atomic mass is 16.5. The zero-order valence-electron chi connectivity index (χ0n) is 10.4. The molecule has 0 N–H and O–H groups in total. The molecule has 4 nitrogen and oxygen atoms in total. The Hall–Kier alpha value is -2.62. The van der Waals surface area contributed by atoms with Gasteiger partial charge in [0.05, 0.1) is 11.6 Å². The van der Waals surface area contributed by atoms with E-state index in [1.54, 1.807) is 37.3 Å². The molecule has 0 aliphatic rings. The molecule has 4 heteroatoms. The van der Waals surface area contributed by atoms with Crippen molar-refractivity contribution in [3.63, 3.8) is 0 Å². The van der Waals surface area contributed by atoms with Gasteiger partial charge in [-0.15, -0.1) is 0 Å². The van der Waals surface area contributed by atoms with Crippen molar-refractivity contribution in [1.82, 2.24) is 0 Å². The van der Waals surface area contributed by atoms with Crippen molar-refractivity contribution < 1.29 is 13.9 Å². The summed E-state index contributed by atoms with van der Waals surface area (Å²) in [5.41, 5.74) is 0.758. The lowest BCUT2D eigenvalue weighted by molar-refractivity contribution is 0.0733. The maximum atomic E-state index is 11.9. The summed E-state index contributed by atoms with van der Waals surface area (Å²) < 4.78 is 9.89. The molecule has 1 aromatic carbocycles. The molecule has 0 atom stereocenters. The fourth-order valence-electron chi connectivity index (χ4n) is 1.56. The highest BCUT2D eigenvalue weighted by Crippen LogP contribution is 2.13. The zero-order chi connectivity index (χ0) is 13.8. The van der Waals surface area contributed by atoms with Gasteiger partial charge in [-0.05, 0) is 24.6 Å². The first-order chi connectivity index (χ1) is 9.08. The lowest BCUT2D eigenvalue weighted by Crippen LogP contribution is -2.10. The van der Waals surface area contributed by atoms with Crippen LogP contribution in [0.3, 0.4) is 0 Å². The molecule has 0 spiro atoms. The van der Waals surface area contributed by atoms with E-state index in [9.17, 15) is 9.59 Å². The van der Waals surface area contributed by atoms with Gasteiger partial charge in [0.1, 0.15) is 11.5 Å². The number of esters is 1. The molecular weight excluding hydrogens is 244 g/mol. The summed E-state index contributed by atoms with van der Waals surface area (Å²) in [5, 5.41) is 0. The fourth-order valence-corrected chi connectivity index (χ4v) is 1.56. The van der Waals surface area contributed by atoms with E-state index >= 15 is 0 Å². The Morgan fingerprint density at radius 2 is 1.95 bits per heavy atom. The summed E-state index contributed by atoms with van der Waals surface area (Å²) in [4.78, 5) is 23.0. The second-order valence-corrected chi connectivity index (χ2v) is 3.94. The monoisotopic (exact) mass is 256 g/mol. The van der Waals surface area contributed by atoms with Crippen LogP contribution in [0, 0.1) is 6.92 Å². The van der Waals surface area contributed by atoms with E-state index in [-0.39, 0.29) is 5.75 Å². The molecular formula is C15H12O4. The van der Waals surface area contributed by atoms with Gasteiger partial charge in [-0.1, -0.05) is 24.8 Å². The van der Waals surface area contributed by atoms with Crippen molar-refractivity contribution in [2.45, 2.75) is 6.92 Å². The van der Waals surface area contributed by atoms with Gasteiger partial charge in [0.25, 0.3) is 0 Å². The van der Waals surface area contributed by atoms with Crippen LogP contribution in [0.15, 0.2) is 52.2 Å². The Morgan fingerprint density at radius 1 is 1.26 bits per heavy atom. The normalized spacial score (nSPS) is 9.95. The van der Waals surface area contributed by atoms with Crippen molar-refractivity contribution >= 4 is 12.0 Å². The lowest BCUT2D eigenvalue weighted by Gasteiger charge is -2.04. The summed E-state index contributed by atoms with van der Waals surface area (Å²) >= 11 is 0. The molecule has 0 aliphatic heterocycles. The van der Waals surface area contributed by atoms with E-state index < -0.39 is 11.6 Å². The number of ether oxygens (including phenoxy) is 1. The van der Waals surface area contributed by atoms with Crippen LogP contribution in [-0.4, -0.2) is 5.97 Å². The van der Waals surface area contributed by atoms with Crippen molar-refractivity contribution in [2.75, 3.05) is 0 Å². The average molecular weight is 256 g/mol. The third-order valence-corrected chi connectivity index (χ3v) is 2.46. The summed E-state index contributed by atoms with van der Waals surface area (Å²) in [5.74, 6) is 0.0319. The van der Waals surface area contributed by atoms with Crippen LogP contribution >= 0.6 is 0 Å². The molecule has 2 rings (SSSR count). The second-order valence-electron chi connectivity index (χ2n) is 3.94. The third kappa shape index (κ3) is 3.19. The van der Waals surface area contributed by atoms with Crippen molar-refractivity contribution in [1.29, 1.82) is 0 Å². The van der Waals surface area contributed by atoms with E-state index in [1.807, 2.05) is 0 Å². The van der Waals surface area contributed by atoms with Crippen molar-refractivity contribution in [3.05, 3.63) is 70.3 Å². The summed E-state index contributed by atoms with van der Waals surface area (Å²) in [6.45, 7) is 5.24. The van der Waals surface area contributed by atoms with Crippen LogP contribution in [-0.2, 0) is 0 Å². The molecule has 1 heterocycles. The number of carbonyl (C=O) groups is 1. The molecule has 96 valence electrons. The average Bonchev–Trinajstić information content (AvgIpc) is 2.37. The third-order valence-electron chi connectivity index (χ3n) is 2.46. The Morgan fingerprint density at radius 3 is 2.53 bits per heavy atom. The standard InChI is InChI=1S/C15H12O4/c1-3-11-4-6-12(7-5-11)15(17)19-13-8-10(2)18-14(16)9-13/h3-9H,1H2,2H3. The zero-order valence-corrected chi connectivity index (χ0v) is 10.4. The predicted octanol–water partition coefficient (Wildman–Crippen LogP) is 2.81. The molecule has 0 unspecified atom stereocenters. The maximum absolute atomic E-state index is 11.9. The Balaban J connectivity index is 2.20. The lowest BCUT2D eigenvalue weighted by atomic mass is 10.1. The van der Waals surface area contributed by atoms with Gasteiger partial charge in [0.15, 0.2) is 0 Å². The first-order valence-corrected chi connectivity index (χ1v) is 5.65. The van der Waals surface area contributed by atoms with Crippen LogP contribution in [0.25, 0.3) is 6.08 Å². The van der Waals surface area contributed by atoms with Gasteiger partial charge in [0.2, 0.25) is 0 Å². The van der Waals surface area contributed by atoms with Gasteiger partial charge in [0, 0.05) is 6.07 Å². The topological polar surface area (TPSA) is 56.5 Å². The van der Waals surface area contributed by atoms with Crippen LogP contribution in [0.4, 0.5) is 0 Å². The molecule has 0 aliphatic carbocycles. The number of hydrogen-bond acceptors (Lipinski definition) is 4. The van der Waals surface area contributed by atoms with Gasteiger partial charge in [-0.3, -0.25) is 0 Å². The number of hydrogen-bond donors (Lipinski definition) is 0. The van der Waals surface area contributed by atoms with E-state index in [4.69, 9.17) is 9.15 Å². The molecule has 0 amide bonds. The minimum absolute atomic E-state index is 0.173. The molecule has 0 bridgehead atoms. The first-order valence-electron chi connectivity index (χ1n) is 5.65. The van der Waals surface area contributed by atoms with Gasteiger partial charge < -0.3 is 9.15 Å². The number of carbonyl (C=O) groups excluding carboxylic acids is 1. The summed E-state index contributed by atoms with van der Waals surface area (Å²) in [6, 6.07) is 9.40. The largest absolute Gasteiger partial charge is 0.428 e. The molecule has 0 saturated carbocycles. The van der Waals surface area contributed by atoms with Gasteiger partial charge in [-0.2, -0.15) is 0 Å². The molecule has 19 heavy (non-hydrogen) atoms. The molecule has 0 fully saturated rings.